The smallest absolute Gasteiger partial charge is 0.180 e. The maximum Gasteiger partial charge on any atom is 0.180 e. The van der Waals surface area contributed by atoms with Gasteiger partial charge in [-0.2, -0.15) is 0 Å². The number of ether oxygens (including phenoxy) is 2. The highest BCUT2D eigenvalue weighted by Gasteiger charge is 2.12. The molecular weight excluding hydrogens is 421 g/mol. The fourth-order valence-electron chi connectivity index (χ4n) is 2.51. The SMILES string of the molecule is COc1cc(CNCc2cccnc2)cc(Cl)c1OCc1cccnc1.[Cl-].[Cl-]. The van der Waals surface area contributed by atoms with E-state index in [1.165, 1.54) is 0 Å². The molecule has 5 nitrogen and oxygen atoms in total. The normalized spacial score (nSPS) is 9.79. The molecule has 150 valence electrons. The average Bonchev–Trinajstić information content (AvgIpc) is 2.68. The van der Waals surface area contributed by atoms with Gasteiger partial charge in [-0.15, -0.1) is 0 Å². The van der Waals surface area contributed by atoms with Gasteiger partial charge in [-0.3, -0.25) is 9.97 Å². The van der Waals surface area contributed by atoms with Gasteiger partial charge in [0.25, 0.3) is 0 Å². The van der Waals surface area contributed by atoms with Crippen molar-refractivity contribution >= 4 is 11.6 Å². The van der Waals surface area contributed by atoms with Crippen LogP contribution >= 0.6 is 11.6 Å². The molecule has 2 aromatic heterocycles. The fraction of sp³-hybridized carbons (Fsp3) is 0.200. The maximum atomic E-state index is 6.42. The Morgan fingerprint density at radius 3 is 2.18 bits per heavy atom. The summed E-state index contributed by atoms with van der Waals surface area (Å²) in [5, 5.41) is 3.89. The van der Waals surface area contributed by atoms with Crippen LogP contribution in [0.1, 0.15) is 16.7 Å². The number of pyridine rings is 2. The van der Waals surface area contributed by atoms with Crippen molar-refractivity contribution in [3.8, 4) is 11.5 Å². The zero-order valence-corrected chi connectivity index (χ0v) is 17.5. The van der Waals surface area contributed by atoms with E-state index in [9.17, 15) is 0 Å². The first kappa shape index (κ1) is 24.0. The molecule has 3 rings (SSSR count). The Bertz CT molecular complexity index is 837. The first-order valence-electron chi connectivity index (χ1n) is 8.24. The van der Waals surface area contributed by atoms with E-state index in [0.29, 0.717) is 29.7 Å². The molecule has 1 aromatic carbocycles. The van der Waals surface area contributed by atoms with Crippen LogP contribution in [0.4, 0.5) is 0 Å². The molecule has 0 unspecified atom stereocenters. The Morgan fingerprint density at radius 1 is 0.929 bits per heavy atom. The molecule has 0 aliphatic heterocycles. The molecule has 0 aliphatic carbocycles. The molecule has 3 aromatic rings. The van der Waals surface area contributed by atoms with Crippen molar-refractivity contribution in [2.45, 2.75) is 19.7 Å². The molecule has 0 aliphatic rings. The van der Waals surface area contributed by atoms with Gasteiger partial charge >= 0.3 is 0 Å². The van der Waals surface area contributed by atoms with Crippen LogP contribution in [0.25, 0.3) is 0 Å². The Hall–Kier alpha value is -2.05. The van der Waals surface area contributed by atoms with Gasteiger partial charge in [0, 0.05) is 43.4 Å². The van der Waals surface area contributed by atoms with E-state index in [1.54, 1.807) is 25.7 Å². The lowest BCUT2D eigenvalue weighted by molar-refractivity contribution is -0.00100. The van der Waals surface area contributed by atoms with Gasteiger partial charge < -0.3 is 39.6 Å². The highest BCUT2D eigenvalue weighted by molar-refractivity contribution is 6.32. The second-order valence-corrected chi connectivity index (χ2v) is 6.13. The summed E-state index contributed by atoms with van der Waals surface area (Å²) in [7, 11) is 1.61. The lowest BCUT2D eigenvalue weighted by Gasteiger charge is -2.14. The average molecular weight is 441 g/mol. The number of methoxy groups -OCH3 is 1. The van der Waals surface area contributed by atoms with Crippen LogP contribution in [-0.2, 0) is 19.7 Å². The maximum absolute atomic E-state index is 6.42. The Kier molecular flexibility index (Phi) is 10.6. The van der Waals surface area contributed by atoms with Crippen molar-refractivity contribution in [2.24, 2.45) is 0 Å². The van der Waals surface area contributed by atoms with Crippen LogP contribution in [0.15, 0.2) is 61.2 Å². The van der Waals surface area contributed by atoms with E-state index in [1.807, 2.05) is 42.6 Å². The van der Waals surface area contributed by atoms with Crippen molar-refractivity contribution in [3.05, 3.63) is 82.9 Å². The molecule has 0 atom stereocenters. The molecule has 0 spiro atoms. The summed E-state index contributed by atoms with van der Waals surface area (Å²) in [6.07, 6.45) is 7.09. The Morgan fingerprint density at radius 2 is 1.57 bits per heavy atom. The molecule has 0 saturated carbocycles. The number of hydrogen-bond donors (Lipinski definition) is 1. The van der Waals surface area contributed by atoms with E-state index < -0.39 is 0 Å². The topological polar surface area (TPSA) is 56.3 Å². The first-order chi connectivity index (χ1) is 12.8. The second kappa shape index (κ2) is 12.4. The minimum absolute atomic E-state index is 0. The summed E-state index contributed by atoms with van der Waals surface area (Å²) in [5.74, 6) is 1.15. The van der Waals surface area contributed by atoms with E-state index in [4.69, 9.17) is 21.1 Å². The summed E-state index contributed by atoms with van der Waals surface area (Å²) >= 11 is 6.42. The second-order valence-electron chi connectivity index (χ2n) is 5.72. The molecule has 1 N–H and O–H groups in total. The van der Waals surface area contributed by atoms with Crippen molar-refractivity contribution in [1.82, 2.24) is 15.3 Å². The summed E-state index contributed by atoms with van der Waals surface area (Å²) in [5.41, 5.74) is 3.11. The van der Waals surface area contributed by atoms with Gasteiger partial charge in [0.15, 0.2) is 11.5 Å². The molecule has 2 heterocycles. The minimum atomic E-state index is 0. The van der Waals surface area contributed by atoms with Crippen LogP contribution in [0.3, 0.4) is 0 Å². The van der Waals surface area contributed by atoms with Crippen LogP contribution in [0, 0.1) is 0 Å². The predicted molar refractivity (Wildman–Crippen MR) is 101 cm³/mol. The van der Waals surface area contributed by atoms with E-state index in [0.717, 1.165) is 23.2 Å². The van der Waals surface area contributed by atoms with Gasteiger partial charge in [-0.05, 0) is 35.4 Å². The van der Waals surface area contributed by atoms with Gasteiger partial charge in [0.1, 0.15) is 6.61 Å². The highest BCUT2D eigenvalue weighted by Crippen LogP contribution is 2.37. The molecule has 0 fully saturated rings. The van der Waals surface area contributed by atoms with Crippen molar-refractivity contribution in [3.63, 3.8) is 0 Å². The number of nitrogens with one attached hydrogen (secondary N) is 1. The predicted octanol–water partition coefficient (Wildman–Crippen LogP) is -1.98. The summed E-state index contributed by atoms with van der Waals surface area (Å²) in [4.78, 5) is 8.18. The number of aromatic nitrogens is 2. The monoisotopic (exact) mass is 439 g/mol. The molecule has 0 amide bonds. The van der Waals surface area contributed by atoms with Crippen molar-refractivity contribution in [1.29, 1.82) is 0 Å². The third-order valence-electron chi connectivity index (χ3n) is 3.78. The highest BCUT2D eigenvalue weighted by atomic mass is 35.5. The van der Waals surface area contributed by atoms with Gasteiger partial charge in [0.05, 0.1) is 12.1 Å². The standard InChI is InChI=1S/C20H20ClN3O2.2ClH/c1-25-19-9-17(13-24-11-15-4-2-6-22-10-15)8-18(21)20(19)26-14-16-5-3-7-23-12-16;;/h2-10,12,24H,11,13-14H2,1H3;2*1H/p-2. The largest absolute Gasteiger partial charge is 1.00 e. The van der Waals surface area contributed by atoms with Crippen LogP contribution < -0.4 is 39.6 Å². The number of benzene rings is 1. The van der Waals surface area contributed by atoms with E-state index >= 15 is 0 Å². The summed E-state index contributed by atoms with van der Waals surface area (Å²) in [6.45, 7) is 1.77. The summed E-state index contributed by atoms with van der Waals surface area (Å²) in [6, 6.07) is 11.6. The van der Waals surface area contributed by atoms with E-state index in [-0.39, 0.29) is 24.8 Å². The molecular formula is C20H20Cl3N3O2-2. The lowest BCUT2D eigenvalue weighted by Crippen LogP contribution is -3.00. The number of rotatable bonds is 8. The number of hydrogen-bond acceptors (Lipinski definition) is 5. The zero-order valence-electron chi connectivity index (χ0n) is 15.2. The molecule has 0 radical (unpaired) electrons. The molecule has 0 bridgehead atoms. The lowest BCUT2D eigenvalue weighted by atomic mass is 10.2. The minimum Gasteiger partial charge on any atom is -1.00 e. The summed E-state index contributed by atoms with van der Waals surface area (Å²) < 4.78 is 11.3. The van der Waals surface area contributed by atoms with Crippen LogP contribution in [-0.4, -0.2) is 17.1 Å². The van der Waals surface area contributed by atoms with Gasteiger partial charge in [0.2, 0.25) is 0 Å². The van der Waals surface area contributed by atoms with Gasteiger partial charge in [-0.25, -0.2) is 0 Å². The van der Waals surface area contributed by atoms with Crippen molar-refractivity contribution < 1.29 is 34.3 Å². The molecule has 28 heavy (non-hydrogen) atoms. The first-order valence-corrected chi connectivity index (χ1v) is 8.62. The molecule has 0 saturated heterocycles. The zero-order chi connectivity index (χ0) is 18.2. The molecule has 8 heteroatoms. The third kappa shape index (κ3) is 6.84. The van der Waals surface area contributed by atoms with Crippen molar-refractivity contribution in [2.75, 3.05) is 7.11 Å². The number of halogens is 3. The Balaban J connectivity index is 0.00000196. The Labute approximate surface area is 182 Å². The van der Waals surface area contributed by atoms with Gasteiger partial charge in [-0.1, -0.05) is 23.7 Å². The van der Waals surface area contributed by atoms with E-state index in [2.05, 4.69) is 15.3 Å². The quantitative estimate of drug-likeness (QED) is 0.440. The van der Waals surface area contributed by atoms with Crippen LogP contribution in [0.2, 0.25) is 5.02 Å². The van der Waals surface area contributed by atoms with Crippen LogP contribution in [0.5, 0.6) is 11.5 Å². The third-order valence-corrected chi connectivity index (χ3v) is 4.06. The number of nitrogens with zero attached hydrogens (tertiary/aromatic N) is 2. The fourth-order valence-corrected chi connectivity index (χ4v) is 2.80.